The van der Waals surface area contributed by atoms with Crippen LogP contribution in [0.15, 0.2) is 35.4 Å². The lowest BCUT2D eigenvalue weighted by Crippen LogP contribution is -2.47. The number of rotatable bonds is 2. The Bertz CT molecular complexity index is 725. The van der Waals surface area contributed by atoms with Crippen LogP contribution in [0.3, 0.4) is 0 Å². The maximum Gasteiger partial charge on any atom is 0.261 e. The van der Waals surface area contributed by atoms with Gasteiger partial charge in [0.25, 0.3) is 5.56 Å². The third-order valence-electron chi connectivity index (χ3n) is 3.85. The molecule has 21 heavy (non-hydrogen) atoms. The Balaban J connectivity index is 1.83. The lowest BCUT2D eigenvalue weighted by atomic mass is 10.1. The van der Waals surface area contributed by atoms with Crippen molar-refractivity contribution in [2.24, 2.45) is 5.73 Å². The van der Waals surface area contributed by atoms with Crippen LogP contribution in [0.2, 0.25) is 0 Å². The molecule has 1 aliphatic heterocycles. The van der Waals surface area contributed by atoms with Gasteiger partial charge < -0.3 is 10.6 Å². The molecule has 3 rings (SSSR count). The summed E-state index contributed by atoms with van der Waals surface area (Å²) in [5, 5.41) is 0.531. The van der Waals surface area contributed by atoms with Crippen molar-refractivity contribution in [3.8, 4) is 0 Å². The number of likely N-dealkylation sites (tertiary alicyclic amines) is 1. The van der Waals surface area contributed by atoms with Gasteiger partial charge >= 0.3 is 0 Å². The Morgan fingerprint density at radius 2 is 2.19 bits per heavy atom. The fourth-order valence-electron chi connectivity index (χ4n) is 2.70. The van der Waals surface area contributed by atoms with Crippen LogP contribution in [-0.2, 0) is 11.3 Å². The summed E-state index contributed by atoms with van der Waals surface area (Å²) in [6.07, 6.45) is 3.30. The molecule has 1 aromatic carbocycles. The summed E-state index contributed by atoms with van der Waals surface area (Å²) >= 11 is 0. The van der Waals surface area contributed by atoms with E-state index in [9.17, 15) is 9.59 Å². The molecule has 0 aliphatic carbocycles. The lowest BCUT2D eigenvalue weighted by Gasteiger charge is -2.30. The Hall–Kier alpha value is -2.21. The second kappa shape index (κ2) is 5.65. The molecule has 6 heteroatoms. The Morgan fingerprint density at radius 1 is 1.38 bits per heavy atom. The second-order valence-corrected chi connectivity index (χ2v) is 5.44. The highest BCUT2D eigenvalue weighted by Crippen LogP contribution is 2.09. The smallest absolute Gasteiger partial charge is 0.261 e. The molecule has 110 valence electrons. The highest BCUT2D eigenvalue weighted by atomic mass is 16.2. The molecule has 0 bridgehead atoms. The number of hydrogen-bond donors (Lipinski definition) is 1. The Labute approximate surface area is 122 Å². The zero-order valence-corrected chi connectivity index (χ0v) is 11.7. The first-order valence-electron chi connectivity index (χ1n) is 7.12. The van der Waals surface area contributed by atoms with Crippen LogP contribution in [-0.4, -0.2) is 39.5 Å². The number of amides is 1. The third-order valence-corrected chi connectivity index (χ3v) is 3.85. The fourth-order valence-corrected chi connectivity index (χ4v) is 2.70. The van der Waals surface area contributed by atoms with Gasteiger partial charge in [0.05, 0.1) is 17.2 Å². The highest BCUT2D eigenvalue weighted by Gasteiger charge is 2.21. The van der Waals surface area contributed by atoms with Crippen LogP contribution < -0.4 is 11.3 Å². The number of nitrogens with zero attached hydrogens (tertiary/aromatic N) is 3. The van der Waals surface area contributed by atoms with Crippen molar-refractivity contribution in [1.29, 1.82) is 0 Å². The zero-order valence-electron chi connectivity index (χ0n) is 11.7. The Morgan fingerprint density at radius 3 is 3.00 bits per heavy atom. The van der Waals surface area contributed by atoms with E-state index in [1.165, 1.54) is 10.9 Å². The van der Waals surface area contributed by atoms with Crippen LogP contribution >= 0.6 is 0 Å². The predicted octanol–water partition coefficient (Wildman–Crippen LogP) is 0.346. The van der Waals surface area contributed by atoms with E-state index in [1.807, 2.05) is 6.07 Å². The van der Waals surface area contributed by atoms with Crippen molar-refractivity contribution in [2.45, 2.75) is 25.4 Å². The predicted molar refractivity (Wildman–Crippen MR) is 79.8 cm³/mol. The number of carbonyl (C=O) groups excluding carboxylic acids is 1. The molecule has 1 aliphatic rings. The van der Waals surface area contributed by atoms with E-state index in [4.69, 9.17) is 5.73 Å². The number of carbonyl (C=O) groups is 1. The number of hydrogen-bond acceptors (Lipinski definition) is 4. The van der Waals surface area contributed by atoms with Crippen molar-refractivity contribution in [2.75, 3.05) is 13.1 Å². The topological polar surface area (TPSA) is 81.2 Å². The molecule has 2 N–H and O–H groups in total. The van der Waals surface area contributed by atoms with Gasteiger partial charge in [-0.3, -0.25) is 14.2 Å². The third kappa shape index (κ3) is 2.80. The van der Waals surface area contributed by atoms with E-state index in [2.05, 4.69) is 4.98 Å². The average molecular weight is 286 g/mol. The van der Waals surface area contributed by atoms with Crippen LogP contribution in [0.1, 0.15) is 12.8 Å². The molecule has 1 aromatic heterocycles. The van der Waals surface area contributed by atoms with Gasteiger partial charge in [0.15, 0.2) is 0 Å². The van der Waals surface area contributed by atoms with E-state index in [0.29, 0.717) is 24.0 Å². The number of fused-ring (bicyclic) bond motifs is 1. The van der Waals surface area contributed by atoms with E-state index in [0.717, 1.165) is 12.8 Å². The molecule has 1 unspecified atom stereocenters. The first kappa shape index (κ1) is 13.8. The number of para-hydroxylation sites is 1. The summed E-state index contributed by atoms with van der Waals surface area (Å²) in [6.45, 7) is 1.29. The zero-order chi connectivity index (χ0) is 14.8. The highest BCUT2D eigenvalue weighted by molar-refractivity contribution is 5.79. The van der Waals surface area contributed by atoms with Crippen LogP contribution in [0, 0.1) is 0 Å². The summed E-state index contributed by atoms with van der Waals surface area (Å²) in [7, 11) is 0. The molecule has 2 heterocycles. The normalized spacial score (nSPS) is 18.9. The molecule has 1 fully saturated rings. The fraction of sp³-hybridized carbons (Fsp3) is 0.400. The van der Waals surface area contributed by atoms with Crippen molar-refractivity contribution in [3.63, 3.8) is 0 Å². The largest absolute Gasteiger partial charge is 0.340 e. The monoisotopic (exact) mass is 286 g/mol. The summed E-state index contributed by atoms with van der Waals surface area (Å²) in [5.41, 5.74) is 6.35. The number of aromatic nitrogens is 2. The van der Waals surface area contributed by atoms with Gasteiger partial charge in [0.1, 0.15) is 6.54 Å². The molecule has 0 saturated carbocycles. The molecule has 1 atom stereocenters. The van der Waals surface area contributed by atoms with Gasteiger partial charge in [-0.05, 0) is 25.0 Å². The quantitative estimate of drug-likeness (QED) is 0.863. The Kier molecular flexibility index (Phi) is 3.70. The van der Waals surface area contributed by atoms with Gasteiger partial charge in [-0.25, -0.2) is 4.98 Å². The maximum atomic E-state index is 12.3. The van der Waals surface area contributed by atoms with E-state index < -0.39 is 0 Å². The van der Waals surface area contributed by atoms with Gasteiger partial charge in [-0.15, -0.1) is 0 Å². The molecule has 2 aromatic rings. The van der Waals surface area contributed by atoms with Crippen LogP contribution in [0.5, 0.6) is 0 Å². The van der Waals surface area contributed by atoms with Gasteiger partial charge in [0, 0.05) is 19.1 Å². The summed E-state index contributed by atoms with van der Waals surface area (Å²) in [6, 6.07) is 7.17. The van der Waals surface area contributed by atoms with E-state index >= 15 is 0 Å². The number of piperidine rings is 1. The standard InChI is InChI=1S/C15H18N4O2/c16-11-4-3-7-18(8-11)14(20)9-19-10-17-13-6-2-1-5-12(13)15(19)21/h1-2,5-6,10-11H,3-4,7-9,16H2. The summed E-state index contributed by atoms with van der Waals surface area (Å²) in [5.74, 6) is -0.0793. The molecule has 6 nitrogen and oxygen atoms in total. The maximum absolute atomic E-state index is 12.3. The molecule has 0 radical (unpaired) electrons. The number of benzene rings is 1. The first-order chi connectivity index (χ1) is 10.1. The first-order valence-corrected chi connectivity index (χ1v) is 7.12. The average Bonchev–Trinajstić information content (AvgIpc) is 2.50. The summed E-state index contributed by atoms with van der Waals surface area (Å²) in [4.78, 5) is 30.6. The molecular weight excluding hydrogens is 268 g/mol. The minimum atomic E-state index is -0.185. The molecule has 1 amide bonds. The van der Waals surface area contributed by atoms with Gasteiger partial charge in [0.2, 0.25) is 5.91 Å². The van der Waals surface area contributed by atoms with Crippen molar-refractivity contribution >= 4 is 16.8 Å². The molecule has 0 spiro atoms. The van der Waals surface area contributed by atoms with Crippen LogP contribution in [0.4, 0.5) is 0 Å². The van der Waals surface area contributed by atoms with Crippen molar-refractivity contribution in [3.05, 3.63) is 40.9 Å². The van der Waals surface area contributed by atoms with Gasteiger partial charge in [-0.2, -0.15) is 0 Å². The van der Waals surface area contributed by atoms with Gasteiger partial charge in [-0.1, -0.05) is 12.1 Å². The minimum Gasteiger partial charge on any atom is -0.340 e. The lowest BCUT2D eigenvalue weighted by molar-refractivity contribution is -0.133. The molecular formula is C15H18N4O2. The van der Waals surface area contributed by atoms with E-state index in [-0.39, 0.29) is 24.1 Å². The molecule has 1 saturated heterocycles. The van der Waals surface area contributed by atoms with Crippen molar-refractivity contribution in [1.82, 2.24) is 14.5 Å². The van der Waals surface area contributed by atoms with E-state index in [1.54, 1.807) is 23.1 Å². The SMILES string of the molecule is NC1CCCN(C(=O)Cn2cnc3ccccc3c2=O)C1. The van der Waals surface area contributed by atoms with Crippen molar-refractivity contribution < 1.29 is 4.79 Å². The summed E-state index contributed by atoms with van der Waals surface area (Å²) < 4.78 is 1.37. The minimum absolute atomic E-state index is 0.0172. The van der Waals surface area contributed by atoms with Crippen LogP contribution in [0.25, 0.3) is 10.9 Å². The number of nitrogens with two attached hydrogens (primary N) is 1. The second-order valence-electron chi connectivity index (χ2n) is 5.44.